The van der Waals surface area contributed by atoms with Crippen molar-refractivity contribution in [2.75, 3.05) is 6.61 Å². The number of halogens is 5. The van der Waals surface area contributed by atoms with Gasteiger partial charge >= 0.3 is 12.1 Å². The number of aromatic nitrogens is 1. The maximum atomic E-state index is 13.9. The summed E-state index contributed by atoms with van der Waals surface area (Å²) in [6.45, 7) is 3.92. The minimum absolute atomic E-state index is 0.00139. The van der Waals surface area contributed by atoms with E-state index in [1.54, 1.807) is 0 Å². The first-order chi connectivity index (χ1) is 10.4. The van der Waals surface area contributed by atoms with Gasteiger partial charge in [-0.3, -0.25) is 9.36 Å². The summed E-state index contributed by atoms with van der Waals surface area (Å²) in [7, 11) is 0. The van der Waals surface area contributed by atoms with Gasteiger partial charge in [0.1, 0.15) is 11.7 Å². The lowest BCUT2D eigenvalue weighted by Gasteiger charge is -2.24. The molecule has 0 aliphatic carbocycles. The van der Waals surface area contributed by atoms with Crippen molar-refractivity contribution in [2.24, 2.45) is 0 Å². The van der Waals surface area contributed by atoms with Crippen LogP contribution in [0.4, 0.5) is 17.6 Å². The van der Waals surface area contributed by atoms with Gasteiger partial charge in [0.25, 0.3) is 5.56 Å². The van der Waals surface area contributed by atoms with Crippen LogP contribution in [0.2, 0.25) is 0 Å². The summed E-state index contributed by atoms with van der Waals surface area (Å²) in [6, 6.07) is -0.998. The Morgan fingerprint density at radius 3 is 2.35 bits per heavy atom. The van der Waals surface area contributed by atoms with E-state index in [9.17, 15) is 27.2 Å². The van der Waals surface area contributed by atoms with E-state index in [2.05, 4.69) is 15.9 Å². The predicted molar refractivity (Wildman–Crippen MR) is 78.9 cm³/mol. The van der Waals surface area contributed by atoms with Gasteiger partial charge in [0.2, 0.25) is 0 Å². The predicted octanol–water partition coefficient (Wildman–Crippen LogP) is 3.87. The third-order valence-corrected chi connectivity index (χ3v) is 3.54. The van der Waals surface area contributed by atoms with Crippen molar-refractivity contribution < 1.29 is 27.1 Å². The molecule has 1 aromatic rings. The number of carbonyl (C=O) groups is 1. The van der Waals surface area contributed by atoms with Crippen LogP contribution in [0.3, 0.4) is 0 Å². The lowest BCUT2D eigenvalue weighted by atomic mass is 10.0. The zero-order valence-corrected chi connectivity index (χ0v) is 14.3. The van der Waals surface area contributed by atoms with Crippen molar-refractivity contribution in [1.82, 2.24) is 4.57 Å². The van der Waals surface area contributed by atoms with Gasteiger partial charge in [-0.2, -0.15) is 13.2 Å². The Morgan fingerprint density at radius 1 is 1.35 bits per heavy atom. The summed E-state index contributed by atoms with van der Waals surface area (Å²) in [5.74, 6) is -0.882. The van der Waals surface area contributed by atoms with Crippen LogP contribution >= 0.6 is 15.9 Å². The molecule has 0 amide bonds. The van der Waals surface area contributed by atoms with Crippen molar-refractivity contribution >= 4 is 21.9 Å². The molecule has 0 aromatic carbocycles. The molecule has 1 unspecified atom stereocenters. The molecule has 4 nitrogen and oxygen atoms in total. The summed E-state index contributed by atoms with van der Waals surface area (Å²) < 4.78 is 57.4. The molecule has 1 rings (SSSR count). The molecule has 1 heterocycles. The average Bonchev–Trinajstić information content (AvgIpc) is 2.36. The van der Waals surface area contributed by atoms with Crippen LogP contribution in [-0.2, 0) is 15.7 Å². The fraction of sp³-hybridized carbons (Fsp3) is 0.571. The second kappa shape index (κ2) is 7.02. The molecular weight excluding hydrogens is 386 g/mol. The smallest absolute Gasteiger partial charge is 0.417 e. The Kier molecular flexibility index (Phi) is 6.00. The highest BCUT2D eigenvalue weighted by molar-refractivity contribution is 9.10. The van der Waals surface area contributed by atoms with Gasteiger partial charge in [0.05, 0.1) is 12.2 Å². The van der Waals surface area contributed by atoms with Crippen molar-refractivity contribution in [3.63, 3.8) is 0 Å². The van der Waals surface area contributed by atoms with Gasteiger partial charge in [0, 0.05) is 23.2 Å². The minimum Gasteiger partial charge on any atom is -0.464 e. The molecule has 0 fully saturated rings. The molecule has 0 bridgehead atoms. The molecule has 130 valence electrons. The average molecular weight is 402 g/mol. The fourth-order valence-corrected chi connectivity index (χ4v) is 2.54. The molecule has 1 atom stereocenters. The number of ether oxygens (including phenoxy) is 1. The van der Waals surface area contributed by atoms with Gasteiger partial charge in [-0.15, -0.1) is 0 Å². The van der Waals surface area contributed by atoms with Crippen LogP contribution in [0.1, 0.15) is 38.8 Å². The zero-order chi connectivity index (χ0) is 18.0. The number of alkyl halides is 4. The van der Waals surface area contributed by atoms with E-state index in [-0.39, 0.29) is 6.61 Å². The van der Waals surface area contributed by atoms with E-state index in [0.717, 1.165) is 10.8 Å². The number of hydrogen-bond acceptors (Lipinski definition) is 3. The quantitative estimate of drug-likeness (QED) is 0.555. The van der Waals surface area contributed by atoms with Crippen LogP contribution in [0, 0.1) is 0 Å². The zero-order valence-electron chi connectivity index (χ0n) is 12.7. The topological polar surface area (TPSA) is 48.3 Å². The minimum atomic E-state index is -4.73. The Bertz CT molecular complexity index is 634. The second-order valence-corrected chi connectivity index (χ2v) is 6.32. The molecule has 9 heteroatoms. The van der Waals surface area contributed by atoms with Crippen molar-refractivity contribution in [3.8, 4) is 0 Å². The maximum Gasteiger partial charge on any atom is 0.417 e. The molecule has 23 heavy (non-hydrogen) atoms. The second-order valence-electron chi connectivity index (χ2n) is 5.47. The summed E-state index contributed by atoms with van der Waals surface area (Å²) in [6.07, 6.45) is -4.31. The molecule has 0 aliphatic rings. The van der Waals surface area contributed by atoms with E-state index in [1.165, 1.54) is 20.8 Å². The van der Waals surface area contributed by atoms with Crippen LogP contribution in [-0.4, -0.2) is 22.8 Å². The Hall–Kier alpha value is -1.38. The number of hydrogen-bond donors (Lipinski definition) is 0. The third kappa shape index (κ3) is 5.33. The Labute approximate surface area is 138 Å². The largest absolute Gasteiger partial charge is 0.464 e. The Balaban J connectivity index is 3.40. The van der Waals surface area contributed by atoms with Crippen molar-refractivity contribution in [3.05, 3.63) is 32.7 Å². The van der Waals surface area contributed by atoms with E-state index >= 15 is 0 Å². The normalized spacial score (nSPS) is 13.7. The molecule has 0 spiro atoms. The van der Waals surface area contributed by atoms with E-state index < -0.39 is 45.9 Å². The summed E-state index contributed by atoms with van der Waals surface area (Å²) in [4.78, 5) is 24.0. The van der Waals surface area contributed by atoms with Crippen molar-refractivity contribution in [2.45, 2.75) is 45.1 Å². The highest BCUT2D eigenvalue weighted by atomic mass is 79.9. The lowest BCUT2D eigenvalue weighted by Crippen LogP contribution is -2.35. The molecule has 0 saturated heterocycles. The monoisotopic (exact) mass is 401 g/mol. The number of carbonyl (C=O) groups excluding carboxylic acids is 1. The van der Waals surface area contributed by atoms with Gasteiger partial charge in [-0.05, 0) is 36.7 Å². The molecular formula is C14H16BrF4NO3. The van der Waals surface area contributed by atoms with Crippen LogP contribution in [0.15, 0.2) is 21.5 Å². The fourth-order valence-electron chi connectivity index (χ4n) is 1.98. The first-order valence-corrected chi connectivity index (χ1v) is 7.50. The van der Waals surface area contributed by atoms with Crippen LogP contribution in [0.25, 0.3) is 0 Å². The molecule has 0 radical (unpaired) electrons. The van der Waals surface area contributed by atoms with Gasteiger partial charge in [-0.25, -0.2) is 9.18 Å². The Morgan fingerprint density at radius 2 is 1.91 bits per heavy atom. The maximum absolute atomic E-state index is 13.9. The first-order valence-electron chi connectivity index (χ1n) is 6.71. The molecule has 1 aromatic heterocycles. The standard InChI is InChI=1S/C14H16BrF4NO3/c1-4-23-12(22)10(6-13(2,3)16)20-7-9(15)8(5-11(20)21)14(17,18)19/h5,7,10H,4,6H2,1-3H3. The lowest BCUT2D eigenvalue weighted by molar-refractivity contribution is -0.148. The summed E-state index contributed by atoms with van der Waals surface area (Å²) in [5, 5.41) is 0. The highest BCUT2D eigenvalue weighted by Crippen LogP contribution is 2.34. The number of nitrogens with zero attached hydrogens (tertiary/aromatic N) is 1. The van der Waals surface area contributed by atoms with Gasteiger partial charge < -0.3 is 4.74 Å². The molecule has 0 N–H and O–H groups in total. The van der Waals surface area contributed by atoms with Crippen LogP contribution < -0.4 is 5.56 Å². The first kappa shape index (κ1) is 19.7. The highest BCUT2D eigenvalue weighted by Gasteiger charge is 2.36. The summed E-state index contributed by atoms with van der Waals surface area (Å²) in [5.41, 5.74) is -4.06. The third-order valence-electron chi connectivity index (χ3n) is 2.91. The van der Waals surface area contributed by atoms with E-state index in [0.29, 0.717) is 6.07 Å². The number of pyridine rings is 1. The number of rotatable bonds is 5. The molecule has 0 aliphatic heterocycles. The van der Waals surface area contributed by atoms with E-state index in [1.807, 2.05) is 0 Å². The number of esters is 1. The summed E-state index contributed by atoms with van der Waals surface area (Å²) >= 11 is 2.73. The molecule has 0 saturated carbocycles. The van der Waals surface area contributed by atoms with E-state index in [4.69, 9.17) is 4.74 Å². The van der Waals surface area contributed by atoms with Crippen molar-refractivity contribution in [1.29, 1.82) is 0 Å². The van der Waals surface area contributed by atoms with Gasteiger partial charge in [0.15, 0.2) is 0 Å². The van der Waals surface area contributed by atoms with Crippen LogP contribution in [0.5, 0.6) is 0 Å². The SMILES string of the molecule is CCOC(=O)C(CC(C)(C)F)n1cc(Br)c(C(F)(F)F)cc1=O. The van der Waals surface area contributed by atoms with Gasteiger partial charge in [-0.1, -0.05) is 0 Å².